The monoisotopic (exact) mass is 466 g/mol. The van der Waals surface area contributed by atoms with Crippen molar-refractivity contribution in [1.29, 1.82) is 0 Å². The third-order valence-electron chi connectivity index (χ3n) is 5.44. The maximum Gasteiger partial charge on any atom is 0.276 e. The summed E-state index contributed by atoms with van der Waals surface area (Å²) in [5.41, 5.74) is 3.06. The van der Waals surface area contributed by atoms with Crippen LogP contribution in [0.1, 0.15) is 32.3 Å². The largest absolute Gasteiger partial charge is 0.457 e. The number of hydrogen-bond donors (Lipinski definition) is 1. The SMILES string of the molecule is CCS(=O)(=O)Nc1ccc(Oc2ccc(C(C)C)cc2)c(-c2cn(C)c(=O)c3cncn23)c1. The number of sulfonamides is 1. The number of hydrogen-bond acceptors (Lipinski definition) is 5. The smallest absolute Gasteiger partial charge is 0.276 e. The van der Waals surface area contributed by atoms with E-state index in [2.05, 4.69) is 23.6 Å². The Bertz CT molecular complexity index is 1470. The molecule has 4 rings (SSSR count). The molecule has 0 amide bonds. The third kappa shape index (κ3) is 4.63. The summed E-state index contributed by atoms with van der Waals surface area (Å²) in [5, 5.41) is 0. The average Bonchev–Trinajstić information content (AvgIpc) is 3.28. The summed E-state index contributed by atoms with van der Waals surface area (Å²) in [6.07, 6.45) is 4.73. The minimum absolute atomic E-state index is 0.0472. The van der Waals surface area contributed by atoms with Crippen LogP contribution in [-0.2, 0) is 17.1 Å². The predicted molar refractivity (Wildman–Crippen MR) is 130 cm³/mol. The molecule has 2 heterocycles. The van der Waals surface area contributed by atoms with Crippen molar-refractivity contribution in [2.24, 2.45) is 7.05 Å². The molecule has 0 aliphatic carbocycles. The van der Waals surface area contributed by atoms with Crippen molar-refractivity contribution in [2.45, 2.75) is 26.7 Å². The lowest BCUT2D eigenvalue weighted by atomic mass is 10.0. The number of nitrogens with zero attached hydrogens (tertiary/aromatic N) is 3. The van der Waals surface area contributed by atoms with E-state index < -0.39 is 10.0 Å². The highest BCUT2D eigenvalue weighted by Gasteiger charge is 2.17. The van der Waals surface area contributed by atoms with Gasteiger partial charge >= 0.3 is 0 Å². The Balaban J connectivity index is 1.86. The van der Waals surface area contributed by atoms with Gasteiger partial charge in [-0.1, -0.05) is 26.0 Å². The Hall–Kier alpha value is -3.59. The fourth-order valence-electron chi connectivity index (χ4n) is 3.51. The molecule has 0 aliphatic rings. The second kappa shape index (κ2) is 8.74. The van der Waals surface area contributed by atoms with Crippen LogP contribution in [0.25, 0.3) is 16.8 Å². The number of aryl methyl sites for hydroxylation is 1. The molecule has 0 fully saturated rings. The van der Waals surface area contributed by atoms with E-state index in [4.69, 9.17) is 4.74 Å². The van der Waals surface area contributed by atoms with Crippen molar-refractivity contribution in [1.82, 2.24) is 14.0 Å². The molecular formula is C24H26N4O4S. The van der Waals surface area contributed by atoms with E-state index in [1.54, 1.807) is 49.1 Å². The molecule has 0 unspecified atom stereocenters. The number of fused-ring (bicyclic) bond motifs is 1. The zero-order valence-electron chi connectivity index (χ0n) is 18.9. The summed E-state index contributed by atoms with van der Waals surface area (Å²) in [6, 6.07) is 12.9. The maximum atomic E-state index is 12.5. The molecule has 2 aromatic carbocycles. The molecule has 0 saturated carbocycles. The second-order valence-corrected chi connectivity index (χ2v) is 10.1. The van der Waals surface area contributed by atoms with Gasteiger partial charge < -0.3 is 9.30 Å². The van der Waals surface area contributed by atoms with Gasteiger partial charge in [0.15, 0.2) is 0 Å². The maximum absolute atomic E-state index is 12.5. The Morgan fingerprint density at radius 2 is 1.85 bits per heavy atom. The predicted octanol–water partition coefficient (Wildman–Crippen LogP) is 4.38. The normalized spacial score (nSPS) is 11.8. The van der Waals surface area contributed by atoms with E-state index in [9.17, 15) is 13.2 Å². The molecule has 0 radical (unpaired) electrons. The Labute approximate surface area is 192 Å². The molecule has 172 valence electrons. The van der Waals surface area contributed by atoms with Gasteiger partial charge in [0.1, 0.15) is 17.0 Å². The summed E-state index contributed by atoms with van der Waals surface area (Å²) >= 11 is 0. The molecule has 1 N–H and O–H groups in total. The van der Waals surface area contributed by atoms with Gasteiger partial charge in [0, 0.05) is 24.5 Å². The zero-order valence-corrected chi connectivity index (χ0v) is 19.8. The number of imidazole rings is 1. The van der Waals surface area contributed by atoms with Crippen LogP contribution in [0.5, 0.6) is 11.5 Å². The van der Waals surface area contributed by atoms with Crippen molar-refractivity contribution in [2.75, 3.05) is 10.5 Å². The highest BCUT2D eigenvalue weighted by Crippen LogP contribution is 2.36. The van der Waals surface area contributed by atoms with E-state index in [0.29, 0.717) is 39.9 Å². The minimum Gasteiger partial charge on any atom is -0.457 e. The van der Waals surface area contributed by atoms with Crippen LogP contribution in [-0.4, -0.2) is 28.1 Å². The summed E-state index contributed by atoms with van der Waals surface area (Å²) in [6.45, 7) is 5.82. The first-order valence-electron chi connectivity index (χ1n) is 10.6. The average molecular weight is 467 g/mol. The zero-order chi connectivity index (χ0) is 23.8. The first kappa shape index (κ1) is 22.6. The quantitative estimate of drug-likeness (QED) is 0.436. The van der Waals surface area contributed by atoms with Gasteiger partial charge in [0.2, 0.25) is 10.0 Å². The molecule has 33 heavy (non-hydrogen) atoms. The van der Waals surface area contributed by atoms with Gasteiger partial charge in [0.25, 0.3) is 5.56 Å². The number of nitrogens with one attached hydrogen (secondary N) is 1. The molecule has 2 aromatic heterocycles. The van der Waals surface area contributed by atoms with Gasteiger partial charge in [-0.3, -0.25) is 13.9 Å². The topological polar surface area (TPSA) is 94.7 Å². The van der Waals surface area contributed by atoms with Crippen LogP contribution in [0.2, 0.25) is 0 Å². The van der Waals surface area contributed by atoms with E-state index in [-0.39, 0.29) is 11.3 Å². The molecule has 9 heteroatoms. The van der Waals surface area contributed by atoms with Crippen LogP contribution in [0.3, 0.4) is 0 Å². The fraction of sp³-hybridized carbons (Fsp3) is 0.250. The van der Waals surface area contributed by atoms with E-state index in [1.165, 1.54) is 16.3 Å². The molecule has 0 spiro atoms. The van der Waals surface area contributed by atoms with Gasteiger partial charge in [-0.05, 0) is 48.7 Å². The highest BCUT2D eigenvalue weighted by molar-refractivity contribution is 7.92. The number of rotatable bonds is 7. The van der Waals surface area contributed by atoms with Crippen molar-refractivity contribution in [3.8, 4) is 22.8 Å². The van der Waals surface area contributed by atoms with Crippen LogP contribution in [0.4, 0.5) is 5.69 Å². The van der Waals surface area contributed by atoms with Crippen molar-refractivity contribution >= 4 is 21.2 Å². The molecule has 0 aliphatic heterocycles. The number of aromatic nitrogens is 3. The van der Waals surface area contributed by atoms with Crippen LogP contribution in [0, 0.1) is 0 Å². The Morgan fingerprint density at radius 1 is 1.12 bits per heavy atom. The number of anilines is 1. The fourth-order valence-corrected chi connectivity index (χ4v) is 4.14. The third-order valence-corrected chi connectivity index (χ3v) is 6.74. The lowest BCUT2D eigenvalue weighted by Crippen LogP contribution is -2.19. The summed E-state index contributed by atoms with van der Waals surface area (Å²) in [4.78, 5) is 16.6. The van der Waals surface area contributed by atoms with Crippen molar-refractivity contribution in [3.63, 3.8) is 0 Å². The molecule has 0 saturated heterocycles. The van der Waals surface area contributed by atoms with Gasteiger partial charge in [-0.2, -0.15) is 0 Å². The number of benzene rings is 2. The van der Waals surface area contributed by atoms with Gasteiger partial charge in [0.05, 0.1) is 24.0 Å². The van der Waals surface area contributed by atoms with Gasteiger partial charge in [-0.25, -0.2) is 13.4 Å². The van der Waals surface area contributed by atoms with E-state index in [0.717, 1.165) is 0 Å². The Kier molecular flexibility index (Phi) is 5.99. The molecule has 4 aromatic rings. The molecule has 0 atom stereocenters. The first-order valence-corrected chi connectivity index (χ1v) is 12.3. The number of ether oxygens (including phenoxy) is 1. The summed E-state index contributed by atoms with van der Waals surface area (Å²) in [7, 11) is -1.81. The molecule has 0 bridgehead atoms. The van der Waals surface area contributed by atoms with Crippen LogP contribution >= 0.6 is 0 Å². The summed E-state index contributed by atoms with van der Waals surface area (Å²) < 4.78 is 36.2. The molecular weight excluding hydrogens is 440 g/mol. The lowest BCUT2D eigenvalue weighted by Gasteiger charge is -2.16. The van der Waals surface area contributed by atoms with Crippen molar-refractivity contribution < 1.29 is 13.2 Å². The van der Waals surface area contributed by atoms with Crippen LogP contribution < -0.4 is 15.0 Å². The lowest BCUT2D eigenvalue weighted by molar-refractivity contribution is 0.484. The van der Waals surface area contributed by atoms with Gasteiger partial charge in [-0.15, -0.1) is 0 Å². The van der Waals surface area contributed by atoms with E-state index >= 15 is 0 Å². The van der Waals surface area contributed by atoms with Crippen molar-refractivity contribution in [3.05, 3.63) is 77.1 Å². The van der Waals surface area contributed by atoms with E-state index in [1.807, 2.05) is 24.3 Å². The summed E-state index contributed by atoms with van der Waals surface area (Å²) in [5.74, 6) is 1.52. The second-order valence-electron chi connectivity index (χ2n) is 8.12. The first-order chi connectivity index (χ1) is 15.7. The Morgan fingerprint density at radius 3 is 2.52 bits per heavy atom. The molecule has 8 nitrogen and oxygen atoms in total. The minimum atomic E-state index is -3.47. The van der Waals surface area contributed by atoms with Crippen LogP contribution in [0.15, 0.2) is 66.0 Å². The highest BCUT2D eigenvalue weighted by atomic mass is 32.2. The standard InChI is InChI=1S/C24H26N4O4S/c1-5-33(30,31)26-18-8-11-23(32-19-9-6-17(7-10-19)16(2)3)20(12-18)22-14-27(4)24(29)21-13-25-15-28(21)22/h6-16,26H,5H2,1-4H3.